The number of rotatable bonds is 0. The lowest BCUT2D eigenvalue weighted by atomic mass is 9.85. The lowest BCUT2D eigenvalue weighted by Crippen LogP contribution is -2.10. The van der Waals surface area contributed by atoms with Gasteiger partial charge in [0.25, 0.3) is 0 Å². The van der Waals surface area contributed by atoms with Gasteiger partial charge in [0.15, 0.2) is 0 Å². The van der Waals surface area contributed by atoms with E-state index in [2.05, 4.69) is 0 Å². The number of allylic oxidation sites excluding steroid dienone is 2. The van der Waals surface area contributed by atoms with Crippen LogP contribution in [0, 0.1) is 0 Å². The van der Waals surface area contributed by atoms with Crippen LogP contribution in [0.25, 0.3) is 0 Å². The van der Waals surface area contributed by atoms with E-state index in [0.717, 1.165) is 19.3 Å². The molecule has 0 spiro atoms. The molecule has 0 radical (unpaired) electrons. The van der Waals surface area contributed by atoms with Crippen molar-refractivity contribution in [1.82, 2.24) is 0 Å². The molecule has 96 valence electrons. The average molecular weight is 234 g/mol. The van der Waals surface area contributed by atoms with E-state index in [0.29, 0.717) is 5.78 Å². The van der Waals surface area contributed by atoms with Crippen LogP contribution < -0.4 is 0 Å². The molecule has 0 N–H and O–H groups in total. The zero-order valence-corrected chi connectivity index (χ0v) is 11.1. The number of hydrogen-bond donors (Lipinski definition) is 0. The van der Waals surface area contributed by atoms with E-state index < -0.39 is 0 Å². The Morgan fingerprint density at radius 2 is 1.06 bits per heavy atom. The first-order valence-corrected chi connectivity index (χ1v) is 7.58. The van der Waals surface area contributed by atoms with Crippen molar-refractivity contribution in [3.8, 4) is 0 Å². The first kappa shape index (κ1) is 12.9. The highest BCUT2D eigenvalue weighted by molar-refractivity contribution is 5.82. The highest BCUT2D eigenvalue weighted by atomic mass is 16.1. The summed E-state index contributed by atoms with van der Waals surface area (Å²) in [6.45, 7) is 0. The summed E-state index contributed by atoms with van der Waals surface area (Å²) in [6, 6.07) is 0. The van der Waals surface area contributed by atoms with Gasteiger partial charge in [-0.2, -0.15) is 0 Å². The topological polar surface area (TPSA) is 17.1 Å². The third-order valence-electron chi connectivity index (χ3n) is 4.32. The Hall–Kier alpha value is -0.590. The summed E-state index contributed by atoms with van der Waals surface area (Å²) in [5, 5.41) is 0. The number of hydrogen-bond acceptors (Lipinski definition) is 1. The van der Waals surface area contributed by atoms with Gasteiger partial charge in [0.1, 0.15) is 5.78 Å². The normalized spacial score (nSPS) is 24.8. The van der Waals surface area contributed by atoms with Gasteiger partial charge < -0.3 is 0 Å². The molecule has 0 aromatic rings. The number of carbonyl (C=O) groups excluding carboxylic acids is 1. The predicted molar refractivity (Wildman–Crippen MR) is 72.1 cm³/mol. The molecule has 0 aromatic heterocycles. The van der Waals surface area contributed by atoms with Crippen LogP contribution in [0.1, 0.15) is 83.5 Å². The van der Waals surface area contributed by atoms with E-state index in [-0.39, 0.29) is 0 Å². The molecule has 0 amide bonds. The standard InChI is InChI=1S/C16H26O/c17-16-12-11-14-9-7-5-3-1-2-4-6-8-10-15(14)13-16/h1-13H2. The molecule has 0 aromatic carbocycles. The highest BCUT2D eigenvalue weighted by Gasteiger charge is 2.17. The maximum Gasteiger partial charge on any atom is 0.137 e. The van der Waals surface area contributed by atoms with E-state index in [1.165, 1.54) is 69.8 Å². The van der Waals surface area contributed by atoms with Crippen molar-refractivity contribution in [1.29, 1.82) is 0 Å². The zero-order valence-electron chi connectivity index (χ0n) is 11.1. The van der Waals surface area contributed by atoms with Crippen molar-refractivity contribution < 1.29 is 4.79 Å². The van der Waals surface area contributed by atoms with E-state index in [4.69, 9.17) is 0 Å². The third-order valence-corrected chi connectivity index (χ3v) is 4.32. The predicted octanol–water partition coefficient (Wildman–Crippen LogP) is 4.95. The Labute approximate surface area is 106 Å². The van der Waals surface area contributed by atoms with Gasteiger partial charge in [-0.25, -0.2) is 0 Å². The molecule has 0 unspecified atom stereocenters. The lowest BCUT2D eigenvalue weighted by Gasteiger charge is -2.20. The Balaban J connectivity index is 1.96. The summed E-state index contributed by atoms with van der Waals surface area (Å²) in [4.78, 5) is 11.6. The molecule has 2 aliphatic carbocycles. The van der Waals surface area contributed by atoms with Gasteiger partial charge in [-0.15, -0.1) is 0 Å². The number of Topliss-reactive ketones (excluding diaryl/α,β-unsaturated/α-hetero) is 1. The number of ketones is 1. The third kappa shape index (κ3) is 4.29. The average Bonchev–Trinajstić information content (AvgIpc) is 2.31. The quantitative estimate of drug-likeness (QED) is 0.542. The second kappa shape index (κ2) is 6.98. The van der Waals surface area contributed by atoms with Crippen LogP contribution in [0.15, 0.2) is 11.1 Å². The Morgan fingerprint density at radius 1 is 0.529 bits per heavy atom. The summed E-state index contributed by atoms with van der Waals surface area (Å²) in [7, 11) is 0. The first-order valence-electron chi connectivity index (χ1n) is 7.58. The minimum absolute atomic E-state index is 0.482. The zero-order chi connectivity index (χ0) is 11.9. The van der Waals surface area contributed by atoms with Gasteiger partial charge in [0, 0.05) is 12.8 Å². The van der Waals surface area contributed by atoms with Crippen LogP contribution >= 0.6 is 0 Å². The van der Waals surface area contributed by atoms with E-state index in [1.54, 1.807) is 5.57 Å². The van der Waals surface area contributed by atoms with Gasteiger partial charge in [-0.1, -0.05) is 49.7 Å². The van der Waals surface area contributed by atoms with Crippen molar-refractivity contribution in [2.75, 3.05) is 0 Å². The first-order chi connectivity index (χ1) is 8.36. The molecule has 2 rings (SSSR count). The van der Waals surface area contributed by atoms with E-state index in [1.807, 2.05) is 0 Å². The van der Waals surface area contributed by atoms with Crippen LogP contribution in [0.4, 0.5) is 0 Å². The van der Waals surface area contributed by atoms with Crippen LogP contribution in [-0.4, -0.2) is 5.78 Å². The van der Waals surface area contributed by atoms with Gasteiger partial charge >= 0.3 is 0 Å². The molecule has 0 bridgehead atoms. The monoisotopic (exact) mass is 234 g/mol. The van der Waals surface area contributed by atoms with Crippen molar-refractivity contribution in [2.45, 2.75) is 83.5 Å². The van der Waals surface area contributed by atoms with Crippen LogP contribution in [-0.2, 0) is 4.79 Å². The molecule has 0 saturated carbocycles. The second-order valence-electron chi connectivity index (χ2n) is 5.75. The fraction of sp³-hybridized carbons (Fsp3) is 0.812. The summed E-state index contributed by atoms with van der Waals surface area (Å²) >= 11 is 0. The van der Waals surface area contributed by atoms with Gasteiger partial charge in [0.05, 0.1) is 0 Å². The molecular formula is C16H26O. The fourth-order valence-corrected chi connectivity index (χ4v) is 3.22. The number of carbonyl (C=O) groups is 1. The largest absolute Gasteiger partial charge is 0.299 e. The molecule has 0 saturated heterocycles. The van der Waals surface area contributed by atoms with Gasteiger partial charge in [-0.3, -0.25) is 4.79 Å². The van der Waals surface area contributed by atoms with Gasteiger partial charge in [0.2, 0.25) is 0 Å². The lowest BCUT2D eigenvalue weighted by molar-refractivity contribution is -0.118. The molecule has 17 heavy (non-hydrogen) atoms. The molecular weight excluding hydrogens is 208 g/mol. The van der Waals surface area contributed by atoms with Crippen LogP contribution in [0.3, 0.4) is 0 Å². The summed E-state index contributed by atoms with van der Waals surface area (Å²) in [5.41, 5.74) is 3.19. The molecule has 2 aliphatic rings. The SMILES string of the molecule is O=C1CCC2=C(CCCCCCCCCC2)C1. The molecule has 0 atom stereocenters. The molecule has 0 aliphatic heterocycles. The summed E-state index contributed by atoms with van der Waals surface area (Å²) in [5.74, 6) is 0.482. The minimum Gasteiger partial charge on any atom is -0.299 e. The van der Waals surface area contributed by atoms with Crippen molar-refractivity contribution in [3.05, 3.63) is 11.1 Å². The fourth-order valence-electron chi connectivity index (χ4n) is 3.22. The van der Waals surface area contributed by atoms with Crippen LogP contribution in [0.5, 0.6) is 0 Å². The van der Waals surface area contributed by atoms with Crippen molar-refractivity contribution >= 4 is 5.78 Å². The van der Waals surface area contributed by atoms with Crippen molar-refractivity contribution in [3.63, 3.8) is 0 Å². The molecule has 1 heteroatoms. The summed E-state index contributed by atoms with van der Waals surface area (Å²) in [6.07, 6.45) is 16.3. The van der Waals surface area contributed by atoms with Gasteiger partial charge in [-0.05, 0) is 32.1 Å². The Kier molecular flexibility index (Phi) is 5.28. The highest BCUT2D eigenvalue weighted by Crippen LogP contribution is 2.30. The van der Waals surface area contributed by atoms with E-state index >= 15 is 0 Å². The molecule has 1 nitrogen and oxygen atoms in total. The second-order valence-corrected chi connectivity index (χ2v) is 5.75. The Morgan fingerprint density at radius 3 is 1.71 bits per heavy atom. The minimum atomic E-state index is 0.482. The van der Waals surface area contributed by atoms with Crippen molar-refractivity contribution in [2.24, 2.45) is 0 Å². The Bertz CT molecular complexity index is 288. The molecule has 0 heterocycles. The smallest absolute Gasteiger partial charge is 0.137 e. The van der Waals surface area contributed by atoms with E-state index in [9.17, 15) is 4.79 Å². The summed E-state index contributed by atoms with van der Waals surface area (Å²) < 4.78 is 0. The maximum atomic E-state index is 11.6. The maximum absolute atomic E-state index is 11.6. The van der Waals surface area contributed by atoms with Crippen LogP contribution in [0.2, 0.25) is 0 Å². The molecule has 0 fully saturated rings.